The molecule has 1 aliphatic heterocycles. The third-order valence-electron chi connectivity index (χ3n) is 3.29. The minimum Gasteiger partial charge on any atom is -0.334 e. The maximum atomic E-state index is 13.5. The molecule has 0 bridgehead atoms. The Morgan fingerprint density at radius 2 is 1.94 bits per heavy atom. The number of benzene rings is 1. The monoisotopic (exact) mass is 250 g/mol. The first-order valence-corrected chi connectivity index (χ1v) is 5.86. The minimum atomic E-state index is -0.464. The zero-order valence-corrected chi connectivity index (χ0v) is 10.3. The van der Waals surface area contributed by atoms with Gasteiger partial charge in [-0.3, -0.25) is 9.69 Å². The number of nitrogens with zero attached hydrogens (tertiary/aromatic N) is 1. The van der Waals surface area contributed by atoms with Gasteiger partial charge in [0.05, 0.1) is 12.5 Å². The van der Waals surface area contributed by atoms with Gasteiger partial charge >= 0.3 is 6.03 Å². The molecule has 4 nitrogen and oxygen atoms in total. The summed E-state index contributed by atoms with van der Waals surface area (Å²) >= 11 is 0. The molecule has 96 valence electrons. The predicted octanol–water partition coefficient (Wildman–Crippen LogP) is 1.90. The van der Waals surface area contributed by atoms with Crippen molar-refractivity contribution in [1.82, 2.24) is 10.2 Å². The zero-order chi connectivity index (χ0) is 13.3. The molecular formula is C13H15FN2O2. The number of halogens is 1. The molecule has 0 radical (unpaired) electrons. The van der Waals surface area contributed by atoms with Gasteiger partial charge in [0.15, 0.2) is 0 Å². The average Bonchev–Trinajstić information content (AvgIpc) is 2.34. The third-order valence-corrected chi connectivity index (χ3v) is 3.29. The molecule has 18 heavy (non-hydrogen) atoms. The zero-order valence-electron chi connectivity index (χ0n) is 10.3. The van der Waals surface area contributed by atoms with Gasteiger partial charge in [0, 0.05) is 11.6 Å². The van der Waals surface area contributed by atoms with E-state index in [4.69, 9.17) is 0 Å². The molecule has 1 aromatic rings. The molecule has 3 amide bonds. The summed E-state index contributed by atoms with van der Waals surface area (Å²) in [5.41, 5.74) is 0.336. The van der Waals surface area contributed by atoms with Crippen molar-refractivity contribution in [3.8, 4) is 0 Å². The molecule has 0 aromatic heterocycles. The van der Waals surface area contributed by atoms with Gasteiger partial charge in [-0.1, -0.05) is 25.1 Å². The normalized spacial score (nSPS) is 24.1. The number of rotatable bonds is 2. The Morgan fingerprint density at radius 3 is 2.61 bits per heavy atom. The maximum absolute atomic E-state index is 13.5. The first-order chi connectivity index (χ1) is 8.50. The maximum Gasteiger partial charge on any atom is 0.324 e. The van der Waals surface area contributed by atoms with E-state index in [1.54, 1.807) is 32.0 Å². The fourth-order valence-corrected chi connectivity index (χ4v) is 1.90. The van der Waals surface area contributed by atoms with E-state index in [9.17, 15) is 14.0 Å². The van der Waals surface area contributed by atoms with E-state index in [2.05, 4.69) is 5.32 Å². The number of imide groups is 1. The fourth-order valence-electron chi connectivity index (χ4n) is 1.90. The molecule has 1 heterocycles. The Kier molecular flexibility index (Phi) is 3.32. The smallest absolute Gasteiger partial charge is 0.324 e. The van der Waals surface area contributed by atoms with Gasteiger partial charge in [-0.15, -0.1) is 0 Å². The van der Waals surface area contributed by atoms with Gasteiger partial charge in [-0.05, 0) is 13.0 Å². The van der Waals surface area contributed by atoms with E-state index in [-0.39, 0.29) is 24.4 Å². The van der Waals surface area contributed by atoms with Crippen molar-refractivity contribution in [2.24, 2.45) is 5.92 Å². The van der Waals surface area contributed by atoms with Crippen LogP contribution >= 0.6 is 0 Å². The molecule has 2 unspecified atom stereocenters. The number of hydrogen-bond donors (Lipinski definition) is 1. The summed E-state index contributed by atoms with van der Waals surface area (Å²) in [5, 5.41) is 2.69. The Balaban J connectivity index is 2.21. The van der Waals surface area contributed by atoms with Gasteiger partial charge in [0.1, 0.15) is 5.82 Å². The number of urea groups is 1. The highest BCUT2D eigenvalue weighted by atomic mass is 19.1. The fraction of sp³-hybridized carbons (Fsp3) is 0.385. The van der Waals surface area contributed by atoms with E-state index in [1.165, 1.54) is 6.07 Å². The van der Waals surface area contributed by atoms with E-state index in [0.717, 1.165) is 4.90 Å². The molecule has 1 fully saturated rings. The SMILES string of the molecule is CC1NC(=O)N(Cc2ccccc2F)C(=O)C1C. The van der Waals surface area contributed by atoms with E-state index < -0.39 is 11.8 Å². The van der Waals surface area contributed by atoms with Crippen LogP contribution in [-0.2, 0) is 11.3 Å². The summed E-state index contributed by atoms with van der Waals surface area (Å²) in [6.07, 6.45) is 0. The van der Waals surface area contributed by atoms with Gasteiger partial charge in [0.25, 0.3) is 0 Å². The number of carbonyl (C=O) groups is 2. The summed E-state index contributed by atoms with van der Waals surface area (Å²) in [7, 11) is 0. The molecule has 0 saturated carbocycles. The lowest BCUT2D eigenvalue weighted by Gasteiger charge is -2.34. The highest BCUT2D eigenvalue weighted by Gasteiger charge is 2.36. The van der Waals surface area contributed by atoms with E-state index in [1.807, 2.05) is 0 Å². The molecule has 0 spiro atoms. The molecule has 5 heteroatoms. The molecule has 0 aliphatic carbocycles. The lowest BCUT2D eigenvalue weighted by atomic mass is 9.99. The van der Waals surface area contributed by atoms with Crippen LogP contribution in [0, 0.1) is 11.7 Å². The van der Waals surface area contributed by atoms with Gasteiger partial charge in [-0.25, -0.2) is 9.18 Å². The highest BCUT2D eigenvalue weighted by molar-refractivity contribution is 5.98. The summed E-state index contributed by atoms with van der Waals surface area (Å²) in [6.45, 7) is 3.50. The summed E-state index contributed by atoms with van der Waals surface area (Å²) in [5.74, 6) is -0.978. The molecule has 1 saturated heterocycles. The van der Waals surface area contributed by atoms with Crippen molar-refractivity contribution in [2.45, 2.75) is 26.4 Å². The van der Waals surface area contributed by atoms with Crippen molar-refractivity contribution in [2.75, 3.05) is 0 Å². The molecule has 1 N–H and O–H groups in total. The summed E-state index contributed by atoms with van der Waals surface area (Å²) in [6, 6.07) is 5.47. The van der Waals surface area contributed by atoms with Gasteiger partial charge < -0.3 is 5.32 Å². The Bertz CT molecular complexity index is 490. The first-order valence-electron chi connectivity index (χ1n) is 5.86. The lowest BCUT2D eigenvalue weighted by molar-refractivity contribution is -0.134. The van der Waals surface area contributed by atoms with Crippen LogP contribution in [0.3, 0.4) is 0 Å². The highest BCUT2D eigenvalue weighted by Crippen LogP contribution is 2.18. The van der Waals surface area contributed by atoms with Crippen LogP contribution in [0.5, 0.6) is 0 Å². The van der Waals surface area contributed by atoms with Crippen molar-refractivity contribution >= 4 is 11.9 Å². The quantitative estimate of drug-likeness (QED) is 0.871. The second-order valence-electron chi connectivity index (χ2n) is 4.54. The van der Waals surface area contributed by atoms with Crippen LogP contribution in [-0.4, -0.2) is 22.9 Å². The number of carbonyl (C=O) groups excluding carboxylic acids is 2. The molecule has 1 aliphatic rings. The van der Waals surface area contributed by atoms with E-state index >= 15 is 0 Å². The van der Waals surface area contributed by atoms with E-state index in [0.29, 0.717) is 5.56 Å². The van der Waals surface area contributed by atoms with Crippen LogP contribution in [0.1, 0.15) is 19.4 Å². The largest absolute Gasteiger partial charge is 0.334 e. The Labute approximate surface area is 105 Å². The minimum absolute atomic E-state index is 0.0333. The Morgan fingerprint density at radius 1 is 1.28 bits per heavy atom. The number of nitrogens with one attached hydrogen (secondary N) is 1. The second-order valence-corrected chi connectivity index (χ2v) is 4.54. The van der Waals surface area contributed by atoms with Crippen molar-refractivity contribution in [3.05, 3.63) is 35.6 Å². The van der Waals surface area contributed by atoms with Crippen LogP contribution < -0.4 is 5.32 Å². The van der Waals surface area contributed by atoms with Crippen molar-refractivity contribution < 1.29 is 14.0 Å². The van der Waals surface area contributed by atoms with Crippen LogP contribution in [0.25, 0.3) is 0 Å². The third kappa shape index (κ3) is 2.20. The lowest BCUT2D eigenvalue weighted by Crippen LogP contribution is -2.57. The van der Waals surface area contributed by atoms with Crippen molar-refractivity contribution in [3.63, 3.8) is 0 Å². The second kappa shape index (κ2) is 4.76. The molecular weight excluding hydrogens is 235 g/mol. The predicted molar refractivity (Wildman–Crippen MR) is 64.1 cm³/mol. The molecule has 2 atom stereocenters. The van der Waals surface area contributed by atoms with Crippen molar-refractivity contribution in [1.29, 1.82) is 0 Å². The van der Waals surface area contributed by atoms with Gasteiger partial charge in [0.2, 0.25) is 5.91 Å². The van der Waals surface area contributed by atoms with Crippen LogP contribution in [0.2, 0.25) is 0 Å². The van der Waals surface area contributed by atoms with Crippen LogP contribution in [0.15, 0.2) is 24.3 Å². The van der Waals surface area contributed by atoms with Gasteiger partial charge in [-0.2, -0.15) is 0 Å². The summed E-state index contributed by atoms with van der Waals surface area (Å²) < 4.78 is 13.5. The average molecular weight is 250 g/mol. The van der Waals surface area contributed by atoms with Crippen LogP contribution in [0.4, 0.5) is 9.18 Å². The number of hydrogen-bond acceptors (Lipinski definition) is 2. The summed E-state index contributed by atoms with van der Waals surface area (Å²) in [4.78, 5) is 24.8. The first kappa shape index (κ1) is 12.5. The number of amides is 3. The Hall–Kier alpha value is -1.91. The standard InChI is InChI=1S/C13H15FN2O2/c1-8-9(2)15-13(18)16(12(8)17)7-10-5-3-4-6-11(10)14/h3-6,8-9H,7H2,1-2H3,(H,15,18). The molecule has 1 aromatic carbocycles. The topological polar surface area (TPSA) is 49.4 Å². The molecule has 2 rings (SSSR count).